The second-order valence-corrected chi connectivity index (χ2v) is 7.15. The van der Waals surface area contributed by atoms with E-state index in [0.717, 1.165) is 5.56 Å². The van der Waals surface area contributed by atoms with Crippen molar-refractivity contribution in [2.75, 3.05) is 13.1 Å². The van der Waals surface area contributed by atoms with Crippen molar-refractivity contribution in [3.05, 3.63) is 41.0 Å². The molecule has 1 aromatic heterocycles. The highest BCUT2D eigenvalue weighted by Crippen LogP contribution is 2.38. The number of amides is 1. The molecule has 2 aromatic rings. The van der Waals surface area contributed by atoms with Gasteiger partial charge in [0.15, 0.2) is 0 Å². The van der Waals surface area contributed by atoms with Gasteiger partial charge in [-0.05, 0) is 24.5 Å². The molecule has 1 unspecified atom stereocenters. The van der Waals surface area contributed by atoms with Gasteiger partial charge in [-0.3, -0.25) is 14.7 Å². The number of rotatable bonds is 4. The molecule has 0 radical (unpaired) electrons. The van der Waals surface area contributed by atoms with E-state index in [-0.39, 0.29) is 18.4 Å². The van der Waals surface area contributed by atoms with Crippen LogP contribution in [0, 0.1) is 11.3 Å². The summed E-state index contributed by atoms with van der Waals surface area (Å²) in [4.78, 5) is 26.0. The number of carboxylic acid groups (broad SMARTS) is 1. The molecule has 1 amide bonds. The lowest BCUT2D eigenvalue weighted by atomic mass is 9.76. The first-order chi connectivity index (χ1) is 11.8. The number of halogens is 1. The molecule has 1 aliphatic heterocycles. The van der Waals surface area contributed by atoms with Gasteiger partial charge in [-0.1, -0.05) is 43.6 Å². The van der Waals surface area contributed by atoms with Gasteiger partial charge >= 0.3 is 5.97 Å². The molecule has 2 N–H and O–H groups in total. The second kappa shape index (κ2) is 6.52. The van der Waals surface area contributed by atoms with Crippen LogP contribution in [0.5, 0.6) is 0 Å². The Balaban J connectivity index is 1.82. The van der Waals surface area contributed by atoms with Crippen LogP contribution in [0.4, 0.5) is 0 Å². The fraction of sp³-hybridized carbons (Fsp3) is 0.389. The van der Waals surface area contributed by atoms with Crippen molar-refractivity contribution >= 4 is 23.5 Å². The summed E-state index contributed by atoms with van der Waals surface area (Å²) in [7, 11) is 0. The third-order valence-corrected chi connectivity index (χ3v) is 5.41. The highest BCUT2D eigenvalue weighted by atomic mass is 35.5. The van der Waals surface area contributed by atoms with Crippen molar-refractivity contribution in [2.24, 2.45) is 11.3 Å². The van der Waals surface area contributed by atoms with Gasteiger partial charge in [0.2, 0.25) is 0 Å². The summed E-state index contributed by atoms with van der Waals surface area (Å²) in [5.74, 6) is -1.14. The monoisotopic (exact) mass is 361 g/mol. The maximum Gasteiger partial charge on any atom is 0.311 e. The van der Waals surface area contributed by atoms with E-state index in [1.807, 2.05) is 32.0 Å². The third-order valence-electron chi connectivity index (χ3n) is 5.08. The fourth-order valence-electron chi connectivity index (χ4n) is 3.31. The molecule has 0 saturated carbocycles. The maximum absolute atomic E-state index is 12.7. The van der Waals surface area contributed by atoms with Gasteiger partial charge in [0.1, 0.15) is 5.69 Å². The molecule has 1 aliphatic rings. The standard InChI is InChI=1S/C18H20ClN3O3/c1-11(2)18(17(24)25)7-8-22(10-18)16(23)15-9-14(20-21-15)12-5-3-4-6-13(12)19/h3-6,9,11H,7-8,10H2,1-2H3,(H,20,21)(H,24,25). The topological polar surface area (TPSA) is 86.3 Å². The van der Waals surface area contributed by atoms with Crippen LogP contribution in [0.1, 0.15) is 30.8 Å². The van der Waals surface area contributed by atoms with Gasteiger partial charge in [-0.2, -0.15) is 5.10 Å². The number of carboxylic acids is 1. The Kier molecular flexibility index (Phi) is 4.56. The van der Waals surface area contributed by atoms with E-state index >= 15 is 0 Å². The van der Waals surface area contributed by atoms with E-state index in [1.54, 1.807) is 17.0 Å². The van der Waals surface area contributed by atoms with Gasteiger partial charge in [0.25, 0.3) is 5.91 Å². The Bertz CT molecular complexity index is 817. The van der Waals surface area contributed by atoms with Crippen LogP contribution in [0.25, 0.3) is 11.3 Å². The molecular formula is C18H20ClN3O3. The summed E-state index contributed by atoms with van der Waals surface area (Å²) >= 11 is 6.17. The summed E-state index contributed by atoms with van der Waals surface area (Å²) < 4.78 is 0. The minimum atomic E-state index is -0.888. The Morgan fingerprint density at radius 2 is 2.08 bits per heavy atom. The number of aromatic nitrogens is 2. The summed E-state index contributed by atoms with van der Waals surface area (Å²) in [6.45, 7) is 4.39. The third kappa shape index (κ3) is 3.02. The van der Waals surface area contributed by atoms with Crippen molar-refractivity contribution in [1.82, 2.24) is 15.1 Å². The number of hydrogen-bond acceptors (Lipinski definition) is 3. The van der Waals surface area contributed by atoms with Crippen LogP contribution in [0.2, 0.25) is 5.02 Å². The molecule has 2 heterocycles. The summed E-state index contributed by atoms with van der Waals surface area (Å²) in [6.07, 6.45) is 0.456. The van der Waals surface area contributed by atoms with Crippen LogP contribution in [-0.2, 0) is 4.79 Å². The maximum atomic E-state index is 12.7. The molecule has 1 saturated heterocycles. The van der Waals surface area contributed by atoms with E-state index in [1.165, 1.54) is 0 Å². The number of carbonyl (C=O) groups is 2. The molecular weight excluding hydrogens is 342 g/mol. The predicted molar refractivity (Wildman–Crippen MR) is 94.5 cm³/mol. The van der Waals surface area contributed by atoms with Gasteiger partial charge in [-0.25, -0.2) is 0 Å². The van der Waals surface area contributed by atoms with Crippen molar-refractivity contribution in [3.63, 3.8) is 0 Å². The number of aromatic amines is 1. The lowest BCUT2D eigenvalue weighted by Crippen LogP contribution is -2.40. The zero-order chi connectivity index (χ0) is 18.2. The largest absolute Gasteiger partial charge is 0.481 e. The quantitative estimate of drug-likeness (QED) is 0.874. The van der Waals surface area contributed by atoms with Crippen LogP contribution in [0.3, 0.4) is 0 Å². The Morgan fingerprint density at radius 1 is 1.36 bits per heavy atom. The summed E-state index contributed by atoms with van der Waals surface area (Å²) in [6, 6.07) is 8.92. The number of H-pyrrole nitrogens is 1. The number of likely N-dealkylation sites (tertiary alicyclic amines) is 1. The molecule has 0 spiro atoms. The zero-order valence-corrected chi connectivity index (χ0v) is 14.9. The number of hydrogen-bond donors (Lipinski definition) is 2. The zero-order valence-electron chi connectivity index (χ0n) is 14.1. The molecule has 0 bridgehead atoms. The van der Waals surface area contributed by atoms with Crippen LogP contribution in [0.15, 0.2) is 30.3 Å². The molecule has 132 valence electrons. The highest BCUT2D eigenvalue weighted by molar-refractivity contribution is 6.33. The first kappa shape index (κ1) is 17.5. The molecule has 25 heavy (non-hydrogen) atoms. The SMILES string of the molecule is CC(C)C1(C(=O)O)CCN(C(=O)c2cc(-c3ccccc3Cl)n[nH]2)C1. The molecule has 1 aromatic carbocycles. The van der Waals surface area contributed by atoms with Crippen molar-refractivity contribution < 1.29 is 14.7 Å². The first-order valence-corrected chi connectivity index (χ1v) is 8.56. The Morgan fingerprint density at radius 3 is 2.68 bits per heavy atom. The number of nitrogens with zero attached hydrogens (tertiary/aromatic N) is 2. The van der Waals surface area contributed by atoms with Crippen LogP contribution >= 0.6 is 11.6 Å². The molecule has 0 aliphatic carbocycles. The van der Waals surface area contributed by atoms with Crippen molar-refractivity contribution in [1.29, 1.82) is 0 Å². The van der Waals surface area contributed by atoms with E-state index < -0.39 is 11.4 Å². The first-order valence-electron chi connectivity index (χ1n) is 8.18. The van der Waals surface area contributed by atoms with E-state index in [2.05, 4.69) is 10.2 Å². The van der Waals surface area contributed by atoms with Crippen molar-refractivity contribution in [3.8, 4) is 11.3 Å². The minimum absolute atomic E-state index is 0.0525. The second-order valence-electron chi connectivity index (χ2n) is 6.74. The van der Waals surface area contributed by atoms with Gasteiger partial charge in [-0.15, -0.1) is 0 Å². The lowest BCUT2D eigenvalue weighted by Gasteiger charge is -2.28. The Hall–Kier alpha value is -2.34. The highest BCUT2D eigenvalue weighted by Gasteiger charge is 2.48. The van der Waals surface area contributed by atoms with Gasteiger partial charge in [0, 0.05) is 18.7 Å². The molecule has 3 rings (SSSR count). The summed E-state index contributed by atoms with van der Waals surface area (Å²) in [5.41, 5.74) is 0.769. The fourth-order valence-corrected chi connectivity index (χ4v) is 3.54. The van der Waals surface area contributed by atoms with Gasteiger partial charge in [0.05, 0.1) is 16.1 Å². The molecule has 1 atom stereocenters. The average molecular weight is 362 g/mol. The van der Waals surface area contributed by atoms with E-state index in [4.69, 9.17) is 11.6 Å². The lowest BCUT2D eigenvalue weighted by molar-refractivity contribution is -0.150. The smallest absolute Gasteiger partial charge is 0.311 e. The average Bonchev–Trinajstić information content (AvgIpc) is 3.23. The number of carbonyl (C=O) groups excluding carboxylic acids is 1. The van der Waals surface area contributed by atoms with E-state index in [0.29, 0.717) is 29.4 Å². The molecule has 1 fully saturated rings. The normalized spacial score (nSPS) is 20.2. The number of benzene rings is 1. The van der Waals surface area contributed by atoms with E-state index in [9.17, 15) is 14.7 Å². The Labute approximate surface area is 150 Å². The predicted octanol–water partition coefficient (Wildman–Crippen LogP) is 3.30. The molecule has 7 heteroatoms. The number of aliphatic carboxylic acids is 1. The molecule has 6 nitrogen and oxygen atoms in total. The minimum Gasteiger partial charge on any atom is -0.481 e. The summed E-state index contributed by atoms with van der Waals surface area (Å²) in [5, 5.41) is 17.1. The number of nitrogens with one attached hydrogen (secondary N) is 1. The van der Waals surface area contributed by atoms with Gasteiger partial charge < -0.3 is 10.0 Å². The van der Waals surface area contributed by atoms with Crippen LogP contribution < -0.4 is 0 Å². The van der Waals surface area contributed by atoms with Crippen LogP contribution in [-0.4, -0.2) is 45.2 Å². The van der Waals surface area contributed by atoms with Crippen molar-refractivity contribution in [2.45, 2.75) is 20.3 Å².